The fourth-order valence-corrected chi connectivity index (χ4v) is 2.48. The number of hydrogen-bond donors (Lipinski definition) is 0. The standard InChI is InChI=1S/C14H16N2O2S/c1-3-18-13-12(7-4-8-15-13)14(17)16(2)10-11-6-5-9-19-11/h4-9H,3,10H2,1-2H3. The lowest BCUT2D eigenvalue weighted by atomic mass is 10.2. The van der Waals surface area contributed by atoms with Crippen LogP contribution < -0.4 is 4.74 Å². The summed E-state index contributed by atoms with van der Waals surface area (Å²) < 4.78 is 5.39. The van der Waals surface area contributed by atoms with E-state index in [1.165, 1.54) is 0 Å². The molecule has 0 unspecified atom stereocenters. The van der Waals surface area contributed by atoms with Crippen LogP contribution in [0.15, 0.2) is 35.8 Å². The van der Waals surface area contributed by atoms with Crippen LogP contribution in [0.2, 0.25) is 0 Å². The van der Waals surface area contributed by atoms with Crippen molar-refractivity contribution in [2.75, 3.05) is 13.7 Å². The van der Waals surface area contributed by atoms with Crippen LogP contribution in [0.1, 0.15) is 22.2 Å². The second-order valence-electron chi connectivity index (χ2n) is 4.03. The van der Waals surface area contributed by atoms with E-state index in [1.807, 2.05) is 24.4 Å². The molecule has 1 amide bonds. The van der Waals surface area contributed by atoms with Gasteiger partial charge in [-0.3, -0.25) is 4.79 Å². The molecule has 0 N–H and O–H groups in total. The largest absolute Gasteiger partial charge is 0.477 e. The van der Waals surface area contributed by atoms with Crippen molar-refractivity contribution in [3.05, 3.63) is 46.3 Å². The third-order valence-electron chi connectivity index (χ3n) is 2.60. The molecule has 19 heavy (non-hydrogen) atoms. The van der Waals surface area contributed by atoms with Crippen LogP contribution in [0.5, 0.6) is 5.88 Å². The van der Waals surface area contributed by atoms with E-state index in [2.05, 4.69) is 4.98 Å². The first kappa shape index (κ1) is 13.5. The van der Waals surface area contributed by atoms with Crippen LogP contribution in [0.3, 0.4) is 0 Å². The highest BCUT2D eigenvalue weighted by molar-refractivity contribution is 7.09. The molecule has 0 saturated carbocycles. The summed E-state index contributed by atoms with van der Waals surface area (Å²) in [4.78, 5) is 19.3. The quantitative estimate of drug-likeness (QED) is 0.843. The monoisotopic (exact) mass is 276 g/mol. The summed E-state index contributed by atoms with van der Waals surface area (Å²) in [5.41, 5.74) is 0.503. The zero-order valence-corrected chi connectivity index (χ0v) is 11.8. The molecule has 2 aromatic heterocycles. The number of hydrogen-bond acceptors (Lipinski definition) is 4. The van der Waals surface area contributed by atoms with E-state index in [9.17, 15) is 4.79 Å². The average molecular weight is 276 g/mol. The van der Waals surface area contributed by atoms with Gasteiger partial charge in [0, 0.05) is 18.1 Å². The number of carbonyl (C=O) groups is 1. The van der Waals surface area contributed by atoms with Gasteiger partial charge in [0.15, 0.2) is 0 Å². The second-order valence-corrected chi connectivity index (χ2v) is 5.06. The fraction of sp³-hybridized carbons (Fsp3) is 0.286. The maximum atomic E-state index is 12.4. The molecule has 0 saturated heterocycles. The third kappa shape index (κ3) is 3.32. The summed E-state index contributed by atoms with van der Waals surface area (Å²) >= 11 is 1.64. The molecule has 0 spiro atoms. The zero-order valence-electron chi connectivity index (χ0n) is 11.0. The van der Waals surface area contributed by atoms with Gasteiger partial charge in [0.25, 0.3) is 5.91 Å². The molecule has 0 fully saturated rings. The predicted octanol–water partition coefficient (Wildman–Crippen LogP) is 2.81. The van der Waals surface area contributed by atoms with Crippen molar-refractivity contribution in [2.24, 2.45) is 0 Å². The lowest BCUT2D eigenvalue weighted by Gasteiger charge is -2.17. The number of pyridine rings is 1. The van der Waals surface area contributed by atoms with Gasteiger partial charge in [0.2, 0.25) is 5.88 Å². The first-order valence-corrected chi connectivity index (χ1v) is 6.96. The predicted molar refractivity (Wildman–Crippen MR) is 75.5 cm³/mol. The SMILES string of the molecule is CCOc1ncccc1C(=O)N(C)Cc1cccs1. The summed E-state index contributed by atoms with van der Waals surface area (Å²) in [6.45, 7) is 2.96. The number of thiophene rings is 1. The van der Waals surface area contributed by atoms with E-state index in [4.69, 9.17) is 4.74 Å². The van der Waals surface area contributed by atoms with Crippen LogP contribution in [0.4, 0.5) is 0 Å². The summed E-state index contributed by atoms with van der Waals surface area (Å²) in [6, 6.07) is 7.48. The Morgan fingerprint density at radius 1 is 1.42 bits per heavy atom. The van der Waals surface area contributed by atoms with Gasteiger partial charge in [-0.2, -0.15) is 0 Å². The van der Waals surface area contributed by atoms with Crippen LogP contribution in [-0.2, 0) is 6.54 Å². The molecule has 0 aliphatic carbocycles. The van der Waals surface area contributed by atoms with E-state index in [0.29, 0.717) is 24.6 Å². The van der Waals surface area contributed by atoms with Crippen LogP contribution in [0.25, 0.3) is 0 Å². The molecule has 5 heteroatoms. The smallest absolute Gasteiger partial charge is 0.259 e. The molecule has 0 bridgehead atoms. The highest BCUT2D eigenvalue weighted by Crippen LogP contribution is 2.18. The molecule has 0 aliphatic rings. The zero-order chi connectivity index (χ0) is 13.7. The Kier molecular flexibility index (Phi) is 4.52. The minimum Gasteiger partial charge on any atom is -0.477 e. The van der Waals surface area contributed by atoms with E-state index in [-0.39, 0.29) is 5.91 Å². The van der Waals surface area contributed by atoms with Gasteiger partial charge < -0.3 is 9.64 Å². The van der Waals surface area contributed by atoms with Gasteiger partial charge in [0.1, 0.15) is 5.56 Å². The van der Waals surface area contributed by atoms with Crippen molar-refractivity contribution < 1.29 is 9.53 Å². The van der Waals surface area contributed by atoms with E-state index >= 15 is 0 Å². The Labute approximate surface area is 116 Å². The molecule has 100 valence electrons. The van der Waals surface area contributed by atoms with Crippen LogP contribution in [0, 0.1) is 0 Å². The summed E-state index contributed by atoms with van der Waals surface area (Å²) in [5.74, 6) is 0.318. The molecular formula is C14H16N2O2S. The number of nitrogens with zero attached hydrogens (tertiary/aromatic N) is 2. The third-order valence-corrected chi connectivity index (χ3v) is 3.46. The Hall–Kier alpha value is -1.88. The van der Waals surface area contributed by atoms with Gasteiger partial charge in [-0.1, -0.05) is 6.07 Å². The van der Waals surface area contributed by atoms with Crippen LogP contribution in [-0.4, -0.2) is 29.4 Å². The Morgan fingerprint density at radius 3 is 2.95 bits per heavy atom. The maximum absolute atomic E-state index is 12.4. The minimum absolute atomic E-state index is 0.0787. The number of rotatable bonds is 5. The highest BCUT2D eigenvalue weighted by atomic mass is 32.1. The molecule has 0 aliphatic heterocycles. The number of amides is 1. The molecule has 2 heterocycles. The number of ether oxygens (including phenoxy) is 1. The van der Waals surface area contributed by atoms with Crippen molar-refractivity contribution in [2.45, 2.75) is 13.5 Å². The Balaban J connectivity index is 2.14. The molecular weight excluding hydrogens is 260 g/mol. The van der Waals surface area contributed by atoms with Gasteiger partial charge in [-0.15, -0.1) is 11.3 Å². The van der Waals surface area contributed by atoms with E-state index in [0.717, 1.165) is 4.88 Å². The van der Waals surface area contributed by atoms with E-state index in [1.54, 1.807) is 41.6 Å². The van der Waals surface area contributed by atoms with Crippen LogP contribution >= 0.6 is 11.3 Å². The van der Waals surface area contributed by atoms with Crippen molar-refractivity contribution in [1.29, 1.82) is 0 Å². The average Bonchev–Trinajstić information content (AvgIpc) is 2.92. The second kappa shape index (κ2) is 6.33. The summed E-state index contributed by atoms with van der Waals surface area (Å²) in [5, 5.41) is 2.00. The Bertz CT molecular complexity index is 540. The fourth-order valence-electron chi connectivity index (χ4n) is 1.72. The minimum atomic E-state index is -0.0787. The normalized spacial score (nSPS) is 10.2. The molecule has 2 rings (SSSR count). The lowest BCUT2D eigenvalue weighted by Crippen LogP contribution is -2.26. The van der Waals surface area contributed by atoms with Gasteiger partial charge in [-0.25, -0.2) is 4.98 Å². The Morgan fingerprint density at radius 2 is 2.26 bits per heavy atom. The maximum Gasteiger partial charge on any atom is 0.259 e. The highest BCUT2D eigenvalue weighted by Gasteiger charge is 2.17. The molecule has 0 atom stereocenters. The van der Waals surface area contributed by atoms with Gasteiger partial charge in [0.05, 0.1) is 13.2 Å². The van der Waals surface area contributed by atoms with Gasteiger partial charge >= 0.3 is 0 Å². The summed E-state index contributed by atoms with van der Waals surface area (Å²) in [7, 11) is 1.78. The first-order chi connectivity index (χ1) is 9.22. The molecule has 2 aromatic rings. The lowest BCUT2D eigenvalue weighted by molar-refractivity contribution is 0.0781. The number of carbonyl (C=O) groups excluding carboxylic acids is 1. The van der Waals surface area contributed by atoms with Gasteiger partial charge in [-0.05, 0) is 30.5 Å². The molecule has 4 nitrogen and oxygen atoms in total. The van der Waals surface area contributed by atoms with Crippen molar-refractivity contribution >= 4 is 17.2 Å². The van der Waals surface area contributed by atoms with Crippen molar-refractivity contribution in [1.82, 2.24) is 9.88 Å². The van der Waals surface area contributed by atoms with Crippen molar-refractivity contribution in [3.63, 3.8) is 0 Å². The van der Waals surface area contributed by atoms with E-state index < -0.39 is 0 Å². The first-order valence-electron chi connectivity index (χ1n) is 6.08. The topological polar surface area (TPSA) is 42.4 Å². The summed E-state index contributed by atoms with van der Waals surface area (Å²) in [6.07, 6.45) is 1.63. The number of aromatic nitrogens is 1. The molecule has 0 aromatic carbocycles. The van der Waals surface area contributed by atoms with Crippen molar-refractivity contribution in [3.8, 4) is 5.88 Å². The molecule has 0 radical (unpaired) electrons.